The second-order valence-electron chi connectivity index (χ2n) is 3.21. The summed E-state index contributed by atoms with van der Waals surface area (Å²) in [6, 6.07) is 3.72. The molecule has 0 aliphatic heterocycles. The van der Waals surface area contributed by atoms with Gasteiger partial charge in [0.25, 0.3) is 0 Å². The summed E-state index contributed by atoms with van der Waals surface area (Å²) < 4.78 is 5.19. The Balaban J connectivity index is 2.03. The summed E-state index contributed by atoms with van der Waals surface area (Å²) in [6.07, 6.45) is 8.43. The van der Waals surface area contributed by atoms with E-state index in [1.54, 1.807) is 12.6 Å². The number of aromatic amines is 1. The Morgan fingerprint density at radius 2 is 2.19 bits per heavy atom. The topological polar surface area (TPSA) is 67.6 Å². The van der Waals surface area contributed by atoms with Gasteiger partial charge in [0.1, 0.15) is 17.6 Å². The van der Waals surface area contributed by atoms with Crippen LogP contribution in [0.1, 0.15) is 11.5 Å². The summed E-state index contributed by atoms with van der Waals surface area (Å²) in [6.45, 7) is 0. The van der Waals surface area contributed by atoms with Gasteiger partial charge in [-0.05, 0) is 24.3 Å². The Hall–Kier alpha value is -2.43. The van der Waals surface area contributed by atoms with Crippen LogP contribution in [0.4, 0.5) is 0 Å². The fraction of sp³-hybridized carbons (Fsp3) is 0. The number of nitrogens with one attached hydrogen (secondary N) is 1. The van der Waals surface area contributed by atoms with E-state index >= 15 is 0 Å². The highest BCUT2D eigenvalue weighted by Crippen LogP contribution is 2.13. The molecule has 0 amide bonds. The van der Waals surface area contributed by atoms with Crippen LogP contribution in [0.5, 0.6) is 0 Å². The molecule has 16 heavy (non-hydrogen) atoms. The summed E-state index contributed by atoms with van der Waals surface area (Å²) in [4.78, 5) is 15.3. The van der Waals surface area contributed by atoms with E-state index in [-0.39, 0.29) is 0 Å². The van der Waals surface area contributed by atoms with Crippen molar-refractivity contribution >= 4 is 23.3 Å². The first kappa shape index (κ1) is 8.84. The minimum Gasteiger partial charge on any atom is -0.465 e. The van der Waals surface area contributed by atoms with Gasteiger partial charge in [-0.25, -0.2) is 15.0 Å². The van der Waals surface area contributed by atoms with Gasteiger partial charge in [-0.2, -0.15) is 0 Å². The summed E-state index contributed by atoms with van der Waals surface area (Å²) >= 11 is 0. The SMILES string of the molecule is C(=C\c1ncnc2nc[nH]c12)/c1ccco1. The second kappa shape index (κ2) is 3.62. The summed E-state index contributed by atoms with van der Waals surface area (Å²) in [5.41, 5.74) is 2.28. The molecule has 0 unspecified atom stereocenters. The van der Waals surface area contributed by atoms with Crippen molar-refractivity contribution in [3.8, 4) is 0 Å². The Labute approximate surface area is 90.9 Å². The molecule has 0 saturated carbocycles. The molecular formula is C11H8N4O. The van der Waals surface area contributed by atoms with Gasteiger partial charge in [0.05, 0.1) is 18.3 Å². The molecule has 3 heterocycles. The molecular weight excluding hydrogens is 204 g/mol. The molecule has 3 aromatic heterocycles. The van der Waals surface area contributed by atoms with Gasteiger partial charge in [0.2, 0.25) is 0 Å². The van der Waals surface area contributed by atoms with Gasteiger partial charge in [-0.3, -0.25) is 0 Å². The lowest BCUT2D eigenvalue weighted by Crippen LogP contribution is -1.85. The van der Waals surface area contributed by atoms with Crippen LogP contribution >= 0.6 is 0 Å². The predicted molar refractivity (Wildman–Crippen MR) is 59.3 cm³/mol. The minimum atomic E-state index is 0.661. The summed E-state index contributed by atoms with van der Waals surface area (Å²) in [5.74, 6) is 0.784. The highest BCUT2D eigenvalue weighted by atomic mass is 16.3. The number of fused-ring (bicyclic) bond motifs is 1. The van der Waals surface area contributed by atoms with E-state index in [0.717, 1.165) is 17.0 Å². The number of H-pyrrole nitrogens is 1. The first-order valence-corrected chi connectivity index (χ1v) is 4.79. The molecule has 0 spiro atoms. The van der Waals surface area contributed by atoms with E-state index < -0.39 is 0 Å². The van der Waals surface area contributed by atoms with E-state index in [0.29, 0.717) is 5.65 Å². The lowest BCUT2D eigenvalue weighted by Gasteiger charge is -1.92. The largest absolute Gasteiger partial charge is 0.465 e. The molecule has 5 heteroatoms. The van der Waals surface area contributed by atoms with Gasteiger partial charge < -0.3 is 9.40 Å². The van der Waals surface area contributed by atoms with Crippen molar-refractivity contribution in [2.24, 2.45) is 0 Å². The van der Waals surface area contributed by atoms with Crippen molar-refractivity contribution < 1.29 is 4.42 Å². The third-order valence-corrected chi connectivity index (χ3v) is 2.20. The Kier molecular flexibility index (Phi) is 2.00. The van der Waals surface area contributed by atoms with Crippen LogP contribution in [0.2, 0.25) is 0 Å². The fourth-order valence-electron chi connectivity index (χ4n) is 1.46. The molecule has 0 fully saturated rings. The molecule has 0 aliphatic carbocycles. The second-order valence-corrected chi connectivity index (χ2v) is 3.21. The Morgan fingerprint density at radius 1 is 1.19 bits per heavy atom. The summed E-state index contributed by atoms with van der Waals surface area (Å²) in [5, 5.41) is 0. The van der Waals surface area contributed by atoms with Crippen molar-refractivity contribution in [2.75, 3.05) is 0 Å². The van der Waals surface area contributed by atoms with E-state index in [2.05, 4.69) is 19.9 Å². The van der Waals surface area contributed by atoms with Crippen molar-refractivity contribution in [3.63, 3.8) is 0 Å². The average Bonchev–Trinajstić information content (AvgIpc) is 2.97. The van der Waals surface area contributed by atoms with Crippen LogP contribution in [0, 0.1) is 0 Å². The monoisotopic (exact) mass is 212 g/mol. The van der Waals surface area contributed by atoms with Gasteiger partial charge in [0, 0.05) is 0 Å². The Morgan fingerprint density at radius 3 is 3.06 bits per heavy atom. The van der Waals surface area contributed by atoms with Crippen LogP contribution in [0.15, 0.2) is 35.5 Å². The molecule has 0 atom stereocenters. The third-order valence-electron chi connectivity index (χ3n) is 2.20. The summed E-state index contributed by atoms with van der Waals surface area (Å²) in [7, 11) is 0. The normalized spacial score (nSPS) is 11.5. The molecule has 0 radical (unpaired) electrons. The van der Waals surface area contributed by atoms with E-state index in [9.17, 15) is 0 Å². The van der Waals surface area contributed by atoms with Crippen LogP contribution in [0.25, 0.3) is 23.3 Å². The highest BCUT2D eigenvalue weighted by Gasteiger charge is 2.02. The zero-order valence-electron chi connectivity index (χ0n) is 8.29. The predicted octanol–water partition coefficient (Wildman–Crippen LogP) is 2.12. The molecule has 78 valence electrons. The van der Waals surface area contributed by atoms with Crippen molar-refractivity contribution in [2.45, 2.75) is 0 Å². The minimum absolute atomic E-state index is 0.661. The van der Waals surface area contributed by atoms with Crippen LogP contribution < -0.4 is 0 Å². The van der Waals surface area contributed by atoms with Crippen LogP contribution in [0.3, 0.4) is 0 Å². The molecule has 0 aliphatic rings. The number of rotatable bonds is 2. The number of aromatic nitrogens is 4. The molecule has 0 bridgehead atoms. The van der Waals surface area contributed by atoms with Crippen molar-refractivity contribution in [1.82, 2.24) is 19.9 Å². The number of hydrogen-bond donors (Lipinski definition) is 1. The maximum Gasteiger partial charge on any atom is 0.181 e. The average molecular weight is 212 g/mol. The Bertz CT molecular complexity index is 624. The van der Waals surface area contributed by atoms with Crippen molar-refractivity contribution in [3.05, 3.63) is 42.5 Å². The lowest BCUT2D eigenvalue weighted by molar-refractivity contribution is 0.557. The van der Waals surface area contributed by atoms with E-state index in [1.165, 1.54) is 6.33 Å². The first-order chi connectivity index (χ1) is 7.93. The van der Waals surface area contributed by atoms with E-state index in [1.807, 2.05) is 24.3 Å². The maximum absolute atomic E-state index is 5.19. The fourth-order valence-corrected chi connectivity index (χ4v) is 1.46. The quantitative estimate of drug-likeness (QED) is 0.706. The van der Waals surface area contributed by atoms with Crippen LogP contribution in [-0.2, 0) is 0 Å². The molecule has 3 rings (SSSR count). The molecule has 0 aromatic carbocycles. The van der Waals surface area contributed by atoms with E-state index in [4.69, 9.17) is 4.42 Å². The zero-order valence-corrected chi connectivity index (χ0v) is 8.29. The number of imidazole rings is 1. The van der Waals surface area contributed by atoms with Gasteiger partial charge in [-0.15, -0.1) is 0 Å². The molecule has 5 nitrogen and oxygen atoms in total. The lowest BCUT2D eigenvalue weighted by atomic mass is 10.3. The first-order valence-electron chi connectivity index (χ1n) is 4.79. The standard InChI is InChI=1S/C11H8N4O/c1-2-8(16-5-1)3-4-9-10-11(14-6-12-9)15-7-13-10/h1-7H,(H,12,13,14,15)/b4-3+. The number of nitrogens with zero attached hydrogens (tertiary/aromatic N) is 3. The molecule has 0 saturated heterocycles. The smallest absolute Gasteiger partial charge is 0.181 e. The third kappa shape index (κ3) is 1.48. The molecule has 1 N–H and O–H groups in total. The van der Waals surface area contributed by atoms with Gasteiger partial charge in [0.15, 0.2) is 5.65 Å². The number of furan rings is 1. The zero-order chi connectivity index (χ0) is 10.8. The number of hydrogen-bond acceptors (Lipinski definition) is 4. The molecule has 3 aromatic rings. The van der Waals surface area contributed by atoms with Gasteiger partial charge in [-0.1, -0.05) is 0 Å². The maximum atomic E-state index is 5.19. The van der Waals surface area contributed by atoms with Gasteiger partial charge >= 0.3 is 0 Å². The van der Waals surface area contributed by atoms with Crippen molar-refractivity contribution in [1.29, 1.82) is 0 Å². The highest BCUT2D eigenvalue weighted by molar-refractivity contribution is 5.82. The van der Waals surface area contributed by atoms with Crippen LogP contribution in [-0.4, -0.2) is 19.9 Å².